The Labute approximate surface area is 90.7 Å². The first kappa shape index (κ1) is 12.2. The maximum atomic E-state index is 11.3. The SMILES string of the molecule is Cc1cccc(C(O)C(C)S(C)(=O)=O)c1. The van der Waals surface area contributed by atoms with Gasteiger partial charge in [0.05, 0.1) is 11.4 Å². The number of sulfone groups is 1. The van der Waals surface area contributed by atoms with Gasteiger partial charge < -0.3 is 5.11 Å². The molecule has 0 radical (unpaired) electrons. The Morgan fingerprint density at radius 3 is 2.40 bits per heavy atom. The fraction of sp³-hybridized carbons (Fsp3) is 0.455. The third kappa shape index (κ3) is 3.04. The zero-order chi connectivity index (χ0) is 11.6. The molecule has 0 aliphatic carbocycles. The minimum absolute atomic E-state index is 0.646. The number of benzene rings is 1. The lowest BCUT2D eigenvalue weighted by Gasteiger charge is -2.17. The monoisotopic (exact) mass is 228 g/mol. The van der Waals surface area contributed by atoms with Crippen molar-refractivity contribution in [3.63, 3.8) is 0 Å². The number of aliphatic hydroxyl groups is 1. The second-order valence-electron chi connectivity index (χ2n) is 3.89. The largest absolute Gasteiger partial charge is 0.387 e. The van der Waals surface area contributed by atoms with Crippen molar-refractivity contribution in [3.05, 3.63) is 35.4 Å². The van der Waals surface area contributed by atoms with Crippen LogP contribution in [0.4, 0.5) is 0 Å². The van der Waals surface area contributed by atoms with Crippen molar-refractivity contribution in [1.29, 1.82) is 0 Å². The van der Waals surface area contributed by atoms with Gasteiger partial charge in [0.1, 0.15) is 0 Å². The number of hydrogen-bond acceptors (Lipinski definition) is 3. The maximum absolute atomic E-state index is 11.3. The number of hydrogen-bond donors (Lipinski definition) is 1. The third-order valence-electron chi connectivity index (χ3n) is 2.50. The van der Waals surface area contributed by atoms with E-state index in [1.807, 2.05) is 19.1 Å². The summed E-state index contributed by atoms with van der Waals surface area (Å²) in [6, 6.07) is 7.25. The highest BCUT2D eigenvalue weighted by Gasteiger charge is 2.25. The molecule has 2 atom stereocenters. The second-order valence-corrected chi connectivity index (χ2v) is 6.30. The molecule has 0 amide bonds. The van der Waals surface area contributed by atoms with Crippen LogP contribution in [0, 0.1) is 6.92 Å². The molecule has 1 rings (SSSR count). The van der Waals surface area contributed by atoms with Gasteiger partial charge in [-0.25, -0.2) is 8.42 Å². The molecule has 0 bridgehead atoms. The van der Waals surface area contributed by atoms with E-state index in [1.165, 1.54) is 6.92 Å². The van der Waals surface area contributed by atoms with E-state index in [0.717, 1.165) is 11.8 Å². The maximum Gasteiger partial charge on any atom is 0.152 e. The Balaban J connectivity index is 3.00. The summed E-state index contributed by atoms with van der Waals surface area (Å²) in [5.41, 5.74) is 1.65. The van der Waals surface area contributed by atoms with E-state index >= 15 is 0 Å². The smallest absolute Gasteiger partial charge is 0.152 e. The van der Waals surface area contributed by atoms with E-state index in [1.54, 1.807) is 12.1 Å². The average Bonchev–Trinajstić information content (AvgIpc) is 2.14. The molecular formula is C11H16O3S. The second kappa shape index (κ2) is 4.33. The van der Waals surface area contributed by atoms with Gasteiger partial charge in [-0.2, -0.15) is 0 Å². The molecule has 2 unspecified atom stereocenters. The summed E-state index contributed by atoms with van der Waals surface area (Å²) in [6.45, 7) is 3.42. The Kier molecular flexibility index (Phi) is 3.52. The zero-order valence-corrected chi connectivity index (χ0v) is 9.95. The molecule has 1 aromatic carbocycles. The first-order valence-electron chi connectivity index (χ1n) is 4.76. The van der Waals surface area contributed by atoms with Gasteiger partial charge in [-0.3, -0.25) is 0 Å². The first-order chi connectivity index (χ1) is 6.82. The lowest BCUT2D eigenvalue weighted by atomic mass is 10.0. The molecule has 0 saturated heterocycles. The van der Waals surface area contributed by atoms with Crippen molar-refractivity contribution >= 4 is 9.84 Å². The molecule has 0 heterocycles. The Bertz CT molecular complexity index is 437. The van der Waals surface area contributed by atoms with E-state index in [-0.39, 0.29) is 0 Å². The summed E-state index contributed by atoms with van der Waals surface area (Å²) < 4.78 is 22.5. The van der Waals surface area contributed by atoms with Crippen molar-refractivity contribution in [3.8, 4) is 0 Å². The molecule has 4 heteroatoms. The highest BCUT2D eigenvalue weighted by molar-refractivity contribution is 7.91. The van der Waals surface area contributed by atoms with Crippen LogP contribution in [0.1, 0.15) is 24.2 Å². The van der Waals surface area contributed by atoms with Gasteiger partial charge in [-0.15, -0.1) is 0 Å². The van der Waals surface area contributed by atoms with E-state index < -0.39 is 21.2 Å². The summed E-state index contributed by atoms with van der Waals surface area (Å²) >= 11 is 0. The van der Waals surface area contributed by atoms with E-state index in [0.29, 0.717) is 5.56 Å². The highest BCUT2D eigenvalue weighted by atomic mass is 32.2. The van der Waals surface area contributed by atoms with Crippen molar-refractivity contribution in [2.24, 2.45) is 0 Å². The normalized spacial score (nSPS) is 16.0. The highest BCUT2D eigenvalue weighted by Crippen LogP contribution is 2.21. The van der Waals surface area contributed by atoms with Crippen LogP contribution in [0.5, 0.6) is 0 Å². The predicted molar refractivity (Wildman–Crippen MR) is 60.4 cm³/mol. The Morgan fingerprint density at radius 1 is 1.33 bits per heavy atom. The van der Waals surface area contributed by atoms with Crippen molar-refractivity contribution < 1.29 is 13.5 Å². The van der Waals surface area contributed by atoms with Crippen LogP contribution in [-0.2, 0) is 9.84 Å². The first-order valence-corrected chi connectivity index (χ1v) is 6.71. The summed E-state index contributed by atoms with van der Waals surface area (Å²) in [5.74, 6) is 0. The Hall–Kier alpha value is -0.870. The third-order valence-corrected chi connectivity index (χ3v) is 4.11. The fourth-order valence-corrected chi connectivity index (χ4v) is 1.98. The minimum Gasteiger partial charge on any atom is -0.387 e. The van der Waals surface area contributed by atoms with Crippen LogP contribution in [0.25, 0.3) is 0 Å². The number of aliphatic hydroxyl groups excluding tert-OH is 1. The predicted octanol–water partition coefficient (Wildman–Crippen LogP) is 1.46. The molecule has 3 nitrogen and oxygen atoms in total. The summed E-state index contributed by atoms with van der Waals surface area (Å²) in [6.07, 6.45) is 0.177. The van der Waals surface area contributed by atoms with Crippen molar-refractivity contribution in [2.45, 2.75) is 25.2 Å². The van der Waals surface area contributed by atoms with E-state index in [9.17, 15) is 13.5 Å². The van der Waals surface area contributed by atoms with E-state index in [4.69, 9.17) is 0 Å². The minimum atomic E-state index is -3.21. The van der Waals surface area contributed by atoms with Gasteiger partial charge >= 0.3 is 0 Å². The standard InChI is InChI=1S/C11H16O3S/c1-8-5-4-6-10(7-8)11(12)9(2)15(3,13)14/h4-7,9,11-12H,1-3H3. The molecular weight excluding hydrogens is 212 g/mol. The fourth-order valence-electron chi connectivity index (χ4n) is 1.36. The zero-order valence-electron chi connectivity index (χ0n) is 9.14. The van der Waals surface area contributed by atoms with Gasteiger partial charge in [0, 0.05) is 6.26 Å². The topological polar surface area (TPSA) is 54.4 Å². The Morgan fingerprint density at radius 2 is 1.93 bits per heavy atom. The van der Waals surface area contributed by atoms with E-state index in [2.05, 4.69) is 0 Å². The molecule has 0 aliphatic rings. The molecule has 0 spiro atoms. The van der Waals surface area contributed by atoms with Gasteiger partial charge in [0.2, 0.25) is 0 Å². The molecule has 84 valence electrons. The molecule has 1 N–H and O–H groups in total. The van der Waals surface area contributed by atoms with Crippen LogP contribution in [-0.4, -0.2) is 25.0 Å². The summed E-state index contributed by atoms with van der Waals surface area (Å²) in [7, 11) is -3.21. The number of aryl methyl sites for hydroxylation is 1. The molecule has 0 saturated carbocycles. The summed E-state index contributed by atoms with van der Waals surface area (Å²) in [4.78, 5) is 0. The lowest BCUT2D eigenvalue weighted by molar-refractivity contribution is 0.176. The quantitative estimate of drug-likeness (QED) is 0.852. The molecule has 0 aliphatic heterocycles. The van der Waals surface area contributed by atoms with Crippen molar-refractivity contribution in [1.82, 2.24) is 0 Å². The number of rotatable bonds is 3. The average molecular weight is 228 g/mol. The molecule has 0 aromatic heterocycles. The lowest BCUT2D eigenvalue weighted by Crippen LogP contribution is -2.24. The molecule has 15 heavy (non-hydrogen) atoms. The van der Waals surface area contributed by atoms with Gasteiger partial charge in [0.25, 0.3) is 0 Å². The van der Waals surface area contributed by atoms with Crippen LogP contribution >= 0.6 is 0 Å². The van der Waals surface area contributed by atoms with Crippen LogP contribution in [0.3, 0.4) is 0 Å². The van der Waals surface area contributed by atoms with Crippen LogP contribution in [0.15, 0.2) is 24.3 Å². The van der Waals surface area contributed by atoms with Crippen LogP contribution in [0.2, 0.25) is 0 Å². The summed E-state index contributed by atoms with van der Waals surface area (Å²) in [5, 5.41) is 9.09. The van der Waals surface area contributed by atoms with Gasteiger partial charge in [-0.05, 0) is 19.4 Å². The van der Waals surface area contributed by atoms with Gasteiger partial charge in [-0.1, -0.05) is 29.8 Å². The van der Waals surface area contributed by atoms with Crippen molar-refractivity contribution in [2.75, 3.05) is 6.26 Å². The van der Waals surface area contributed by atoms with Crippen LogP contribution < -0.4 is 0 Å². The molecule has 0 fully saturated rings. The van der Waals surface area contributed by atoms with Gasteiger partial charge in [0.15, 0.2) is 9.84 Å². The molecule has 1 aromatic rings.